The van der Waals surface area contributed by atoms with Crippen LogP contribution in [0, 0.1) is 0 Å². The third-order valence-electron chi connectivity index (χ3n) is 2.00. The molecule has 1 rings (SSSR count). The molecule has 0 saturated carbocycles. The maximum absolute atomic E-state index is 11.6. The fourth-order valence-electron chi connectivity index (χ4n) is 1.19. The van der Waals surface area contributed by atoms with E-state index >= 15 is 0 Å². The number of Topliss-reactive ketones (excluding diaryl/α,β-unsaturated/α-hetero) is 1. The van der Waals surface area contributed by atoms with Gasteiger partial charge in [-0.2, -0.15) is 5.10 Å². The molecule has 0 radical (unpaired) electrons. The zero-order valence-electron chi connectivity index (χ0n) is 10.0. The molecule has 16 heavy (non-hydrogen) atoms. The summed E-state index contributed by atoms with van der Waals surface area (Å²) in [4.78, 5) is 23.1. The molecule has 1 heterocycles. The standard InChI is InChI=1S/C11H17N3O2/c1-7(2)12-11(16)10(15)9-5-6-14(13-9)8(3)4/h5-8H,1-4H3,(H,12,16). The fourth-order valence-corrected chi connectivity index (χ4v) is 1.19. The summed E-state index contributed by atoms with van der Waals surface area (Å²) in [5.41, 5.74) is 0.187. The Balaban J connectivity index is 2.76. The predicted octanol–water partition coefficient (Wildman–Crippen LogP) is 1.17. The van der Waals surface area contributed by atoms with Gasteiger partial charge in [0, 0.05) is 18.3 Å². The largest absolute Gasteiger partial charge is 0.347 e. The number of nitrogens with zero attached hydrogens (tertiary/aromatic N) is 2. The number of hydrogen-bond donors (Lipinski definition) is 1. The quantitative estimate of drug-likeness (QED) is 0.615. The Kier molecular flexibility index (Phi) is 3.82. The van der Waals surface area contributed by atoms with E-state index < -0.39 is 11.7 Å². The van der Waals surface area contributed by atoms with Crippen LogP contribution in [0.5, 0.6) is 0 Å². The van der Waals surface area contributed by atoms with Crippen molar-refractivity contribution in [1.82, 2.24) is 15.1 Å². The molecule has 0 atom stereocenters. The van der Waals surface area contributed by atoms with Gasteiger partial charge >= 0.3 is 0 Å². The minimum absolute atomic E-state index is 0.0522. The van der Waals surface area contributed by atoms with Gasteiger partial charge in [0.15, 0.2) is 0 Å². The molecule has 0 aliphatic heterocycles. The lowest BCUT2D eigenvalue weighted by Crippen LogP contribution is -2.36. The summed E-state index contributed by atoms with van der Waals surface area (Å²) in [7, 11) is 0. The Morgan fingerprint density at radius 2 is 1.94 bits per heavy atom. The van der Waals surface area contributed by atoms with E-state index in [1.54, 1.807) is 30.8 Å². The van der Waals surface area contributed by atoms with Crippen LogP contribution in [-0.2, 0) is 4.79 Å². The molecule has 1 aromatic rings. The number of carbonyl (C=O) groups excluding carboxylic acids is 2. The van der Waals surface area contributed by atoms with Crippen molar-refractivity contribution in [2.45, 2.75) is 39.8 Å². The highest BCUT2D eigenvalue weighted by molar-refractivity contribution is 6.42. The van der Waals surface area contributed by atoms with Gasteiger partial charge in [-0.05, 0) is 33.8 Å². The molecule has 0 unspecified atom stereocenters. The van der Waals surface area contributed by atoms with E-state index in [1.807, 2.05) is 13.8 Å². The van der Waals surface area contributed by atoms with Crippen LogP contribution in [0.2, 0.25) is 0 Å². The first kappa shape index (κ1) is 12.4. The van der Waals surface area contributed by atoms with Crippen LogP contribution in [0.1, 0.15) is 44.2 Å². The first-order valence-corrected chi connectivity index (χ1v) is 5.32. The SMILES string of the molecule is CC(C)NC(=O)C(=O)c1ccn(C(C)C)n1. The summed E-state index contributed by atoms with van der Waals surface area (Å²) >= 11 is 0. The highest BCUT2D eigenvalue weighted by Gasteiger charge is 2.19. The van der Waals surface area contributed by atoms with E-state index in [-0.39, 0.29) is 17.8 Å². The molecular formula is C11H17N3O2. The molecule has 0 spiro atoms. The Morgan fingerprint density at radius 1 is 1.31 bits per heavy atom. The summed E-state index contributed by atoms with van der Waals surface area (Å²) in [6.07, 6.45) is 1.69. The Hall–Kier alpha value is -1.65. The van der Waals surface area contributed by atoms with Crippen LogP contribution in [0.15, 0.2) is 12.3 Å². The third-order valence-corrected chi connectivity index (χ3v) is 2.00. The first-order valence-electron chi connectivity index (χ1n) is 5.32. The monoisotopic (exact) mass is 223 g/mol. The number of rotatable bonds is 4. The van der Waals surface area contributed by atoms with Gasteiger partial charge in [-0.25, -0.2) is 0 Å². The van der Waals surface area contributed by atoms with Gasteiger partial charge in [0.1, 0.15) is 5.69 Å². The molecule has 0 aliphatic rings. The van der Waals surface area contributed by atoms with E-state index in [9.17, 15) is 9.59 Å². The van der Waals surface area contributed by atoms with Crippen molar-refractivity contribution in [2.75, 3.05) is 0 Å². The molecule has 88 valence electrons. The summed E-state index contributed by atoms with van der Waals surface area (Å²) in [5, 5.41) is 6.59. The molecule has 5 nitrogen and oxygen atoms in total. The average molecular weight is 223 g/mol. The summed E-state index contributed by atoms with van der Waals surface area (Å²) < 4.78 is 1.65. The van der Waals surface area contributed by atoms with Crippen LogP contribution in [0.4, 0.5) is 0 Å². The summed E-state index contributed by atoms with van der Waals surface area (Å²) in [6.45, 7) is 7.51. The van der Waals surface area contributed by atoms with Crippen molar-refractivity contribution in [3.8, 4) is 0 Å². The average Bonchev–Trinajstić information content (AvgIpc) is 2.64. The predicted molar refractivity (Wildman–Crippen MR) is 60.2 cm³/mol. The number of amides is 1. The topological polar surface area (TPSA) is 64.0 Å². The lowest BCUT2D eigenvalue weighted by molar-refractivity contribution is -0.117. The zero-order chi connectivity index (χ0) is 12.3. The molecule has 5 heteroatoms. The van der Waals surface area contributed by atoms with Crippen molar-refractivity contribution in [3.63, 3.8) is 0 Å². The van der Waals surface area contributed by atoms with Gasteiger partial charge in [-0.3, -0.25) is 14.3 Å². The van der Waals surface area contributed by atoms with Crippen LogP contribution in [0.25, 0.3) is 0 Å². The lowest BCUT2D eigenvalue weighted by Gasteiger charge is -2.06. The second-order valence-electron chi connectivity index (χ2n) is 4.23. The molecule has 1 aromatic heterocycles. The third kappa shape index (κ3) is 2.92. The second-order valence-corrected chi connectivity index (χ2v) is 4.23. The van der Waals surface area contributed by atoms with Gasteiger partial charge in [0.2, 0.25) is 0 Å². The van der Waals surface area contributed by atoms with Crippen molar-refractivity contribution in [2.24, 2.45) is 0 Å². The molecule has 1 amide bonds. The smallest absolute Gasteiger partial charge is 0.294 e. The Bertz CT molecular complexity index is 394. The summed E-state index contributed by atoms with van der Waals surface area (Å²) in [6, 6.07) is 1.68. The van der Waals surface area contributed by atoms with Crippen LogP contribution >= 0.6 is 0 Å². The van der Waals surface area contributed by atoms with E-state index in [0.29, 0.717) is 0 Å². The molecule has 0 bridgehead atoms. The first-order chi connectivity index (χ1) is 7.41. The maximum atomic E-state index is 11.6. The van der Waals surface area contributed by atoms with E-state index in [0.717, 1.165) is 0 Å². The maximum Gasteiger partial charge on any atom is 0.294 e. The normalized spacial score (nSPS) is 10.9. The molecule has 0 aliphatic carbocycles. The fraction of sp³-hybridized carbons (Fsp3) is 0.545. The number of ketones is 1. The number of aromatic nitrogens is 2. The Morgan fingerprint density at radius 3 is 2.38 bits per heavy atom. The van der Waals surface area contributed by atoms with Gasteiger partial charge in [0.25, 0.3) is 11.7 Å². The van der Waals surface area contributed by atoms with Crippen LogP contribution in [0.3, 0.4) is 0 Å². The number of nitrogens with one attached hydrogen (secondary N) is 1. The van der Waals surface area contributed by atoms with Gasteiger partial charge in [-0.1, -0.05) is 0 Å². The van der Waals surface area contributed by atoms with Crippen molar-refractivity contribution in [3.05, 3.63) is 18.0 Å². The summed E-state index contributed by atoms with van der Waals surface area (Å²) in [5.74, 6) is -1.20. The minimum atomic E-state index is -0.607. The zero-order valence-corrected chi connectivity index (χ0v) is 10.0. The lowest BCUT2D eigenvalue weighted by atomic mass is 10.2. The van der Waals surface area contributed by atoms with Crippen molar-refractivity contribution < 1.29 is 9.59 Å². The minimum Gasteiger partial charge on any atom is -0.347 e. The van der Waals surface area contributed by atoms with Gasteiger partial charge < -0.3 is 5.32 Å². The second kappa shape index (κ2) is 4.92. The van der Waals surface area contributed by atoms with Crippen molar-refractivity contribution >= 4 is 11.7 Å². The molecular weight excluding hydrogens is 206 g/mol. The van der Waals surface area contributed by atoms with Crippen molar-refractivity contribution in [1.29, 1.82) is 0 Å². The molecule has 1 N–H and O–H groups in total. The number of carbonyl (C=O) groups is 2. The molecule has 0 aromatic carbocycles. The number of hydrogen-bond acceptors (Lipinski definition) is 3. The Labute approximate surface area is 94.8 Å². The highest BCUT2D eigenvalue weighted by Crippen LogP contribution is 2.04. The van der Waals surface area contributed by atoms with E-state index in [1.165, 1.54) is 0 Å². The van der Waals surface area contributed by atoms with Crippen LogP contribution in [-0.4, -0.2) is 27.5 Å². The van der Waals surface area contributed by atoms with E-state index in [2.05, 4.69) is 10.4 Å². The van der Waals surface area contributed by atoms with E-state index in [4.69, 9.17) is 0 Å². The highest BCUT2D eigenvalue weighted by atomic mass is 16.2. The van der Waals surface area contributed by atoms with Gasteiger partial charge in [0.05, 0.1) is 0 Å². The molecule has 0 fully saturated rings. The molecule has 0 saturated heterocycles. The van der Waals surface area contributed by atoms with Gasteiger partial charge in [-0.15, -0.1) is 0 Å². The van der Waals surface area contributed by atoms with Crippen LogP contribution < -0.4 is 5.32 Å².